The predicted octanol–water partition coefficient (Wildman–Crippen LogP) is 2.43. The Morgan fingerprint density at radius 2 is 2.12 bits per heavy atom. The van der Waals surface area contributed by atoms with E-state index in [1.807, 2.05) is 31.2 Å². The summed E-state index contributed by atoms with van der Waals surface area (Å²) in [6, 6.07) is 7.76. The van der Waals surface area contributed by atoms with Gasteiger partial charge in [0.05, 0.1) is 13.7 Å². The second-order valence-corrected chi connectivity index (χ2v) is 6.30. The van der Waals surface area contributed by atoms with Crippen molar-refractivity contribution in [1.82, 2.24) is 15.5 Å². The molecule has 0 aliphatic carbocycles. The van der Waals surface area contributed by atoms with Gasteiger partial charge in [0.15, 0.2) is 5.96 Å². The first-order valence-corrected chi connectivity index (χ1v) is 8.87. The summed E-state index contributed by atoms with van der Waals surface area (Å²) < 4.78 is 42.8. The molecular weight excluding hydrogens is 345 g/mol. The highest BCUT2D eigenvalue weighted by Gasteiger charge is 2.34. The molecule has 8 heteroatoms. The Morgan fingerprint density at radius 1 is 1.35 bits per heavy atom. The molecular formula is C18H27F3N4O. The van der Waals surface area contributed by atoms with Crippen molar-refractivity contribution in [3.05, 3.63) is 29.8 Å². The van der Waals surface area contributed by atoms with Crippen LogP contribution < -0.4 is 15.4 Å². The van der Waals surface area contributed by atoms with Gasteiger partial charge in [0.25, 0.3) is 0 Å². The Hall–Kier alpha value is -1.96. The van der Waals surface area contributed by atoms with E-state index in [2.05, 4.69) is 15.6 Å². The Morgan fingerprint density at radius 3 is 2.81 bits per heavy atom. The fourth-order valence-corrected chi connectivity index (χ4v) is 3.06. The average Bonchev–Trinajstić information content (AvgIpc) is 3.00. The molecule has 0 aromatic heterocycles. The van der Waals surface area contributed by atoms with Gasteiger partial charge in [0, 0.05) is 32.2 Å². The van der Waals surface area contributed by atoms with Gasteiger partial charge >= 0.3 is 6.18 Å². The number of hydrogen-bond donors (Lipinski definition) is 2. The van der Waals surface area contributed by atoms with Gasteiger partial charge in [-0.2, -0.15) is 13.2 Å². The molecule has 0 amide bonds. The minimum Gasteiger partial charge on any atom is -0.496 e. The van der Waals surface area contributed by atoms with Crippen molar-refractivity contribution in [1.29, 1.82) is 0 Å². The number of ether oxygens (including phenoxy) is 1. The first-order chi connectivity index (χ1) is 12.4. The van der Waals surface area contributed by atoms with Gasteiger partial charge in [-0.1, -0.05) is 18.2 Å². The summed E-state index contributed by atoms with van der Waals surface area (Å²) in [5.41, 5.74) is 1.08. The first-order valence-electron chi connectivity index (χ1n) is 8.87. The van der Waals surface area contributed by atoms with Crippen LogP contribution in [0, 0.1) is 0 Å². The largest absolute Gasteiger partial charge is 0.496 e. The van der Waals surface area contributed by atoms with Crippen LogP contribution in [-0.2, 0) is 6.42 Å². The molecule has 0 saturated carbocycles. The average molecular weight is 372 g/mol. The van der Waals surface area contributed by atoms with Crippen molar-refractivity contribution < 1.29 is 17.9 Å². The summed E-state index contributed by atoms with van der Waals surface area (Å²) in [6.07, 6.45) is -2.75. The lowest BCUT2D eigenvalue weighted by molar-refractivity contribution is -0.143. The Labute approximate surface area is 152 Å². The van der Waals surface area contributed by atoms with E-state index in [0.29, 0.717) is 38.6 Å². The lowest BCUT2D eigenvalue weighted by Gasteiger charge is -2.19. The van der Waals surface area contributed by atoms with Crippen molar-refractivity contribution >= 4 is 5.96 Å². The highest BCUT2D eigenvalue weighted by Crippen LogP contribution is 2.20. The zero-order valence-corrected chi connectivity index (χ0v) is 15.3. The van der Waals surface area contributed by atoms with E-state index in [0.717, 1.165) is 17.7 Å². The van der Waals surface area contributed by atoms with E-state index < -0.39 is 12.7 Å². The summed E-state index contributed by atoms with van der Waals surface area (Å²) in [5.74, 6) is 1.47. The maximum absolute atomic E-state index is 12.5. The van der Waals surface area contributed by atoms with Gasteiger partial charge in [-0.3, -0.25) is 9.89 Å². The molecule has 0 radical (unpaired) electrons. The molecule has 1 aromatic rings. The van der Waals surface area contributed by atoms with Crippen LogP contribution in [-0.4, -0.2) is 62.9 Å². The minimum atomic E-state index is -4.15. The molecule has 2 N–H and O–H groups in total. The Balaban J connectivity index is 1.87. The number of rotatable bonds is 7. The second-order valence-electron chi connectivity index (χ2n) is 6.30. The molecule has 1 aromatic carbocycles. The van der Waals surface area contributed by atoms with Crippen molar-refractivity contribution in [3.63, 3.8) is 0 Å². The van der Waals surface area contributed by atoms with Crippen molar-refractivity contribution in [2.45, 2.75) is 32.0 Å². The third-order valence-corrected chi connectivity index (χ3v) is 4.20. The van der Waals surface area contributed by atoms with Crippen LogP contribution in [0.25, 0.3) is 0 Å². The molecule has 1 fully saturated rings. The van der Waals surface area contributed by atoms with Gasteiger partial charge in [0.2, 0.25) is 0 Å². The van der Waals surface area contributed by atoms with Crippen LogP contribution in [0.4, 0.5) is 13.2 Å². The number of methoxy groups -OCH3 is 1. The monoisotopic (exact) mass is 372 g/mol. The summed E-state index contributed by atoms with van der Waals surface area (Å²) in [7, 11) is 1.64. The van der Waals surface area contributed by atoms with Crippen LogP contribution in [0.3, 0.4) is 0 Å². The first kappa shape index (κ1) is 20.4. The molecule has 0 bridgehead atoms. The van der Waals surface area contributed by atoms with E-state index in [4.69, 9.17) is 4.74 Å². The van der Waals surface area contributed by atoms with E-state index in [-0.39, 0.29) is 6.04 Å². The standard InChI is InChI=1S/C18H27F3N4O/c1-3-22-17(23-10-8-14-6-4-5-7-16(14)26-2)24-15-9-11-25(12-15)13-18(19,20)21/h4-7,15H,3,8-13H2,1-2H3,(H2,22,23,24). The summed E-state index contributed by atoms with van der Waals surface area (Å²) in [4.78, 5) is 5.97. The van der Waals surface area contributed by atoms with Crippen molar-refractivity contribution in [2.24, 2.45) is 4.99 Å². The third-order valence-electron chi connectivity index (χ3n) is 4.20. The van der Waals surface area contributed by atoms with Gasteiger partial charge in [-0.25, -0.2) is 0 Å². The topological polar surface area (TPSA) is 48.9 Å². The minimum absolute atomic E-state index is 0.0265. The van der Waals surface area contributed by atoms with Crippen LogP contribution >= 0.6 is 0 Å². The summed E-state index contributed by atoms with van der Waals surface area (Å²) in [5, 5.41) is 6.40. The maximum atomic E-state index is 12.5. The SMILES string of the molecule is CCNC(=NCCc1ccccc1OC)NC1CCN(CC(F)(F)F)C1. The number of alkyl halides is 3. The zero-order valence-electron chi connectivity index (χ0n) is 15.3. The van der Waals surface area contributed by atoms with E-state index in [9.17, 15) is 13.2 Å². The fourth-order valence-electron chi connectivity index (χ4n) is 3.06. The summed E-state index contributed by atoms with van der Waals surface area (Å²) >= 11 is 0. The molecule has 1 aliphatic rings. The van der Waals surface area contributed by atoms with Crippen molar-refractivity contribution in [3.8, 4) is 5.75 Å². The van der Waals surface area contributed by atoms with Crippen LogP contribution in [0.1, 0.15) is 18.9 Å². The number of nitrogens with one attached hydrogen (secondary N) is 2. The highest BCUT2D eigenvalue weighted by atomic mass is 19.4. The number of halogens is 3. The van der Waals surface area contributed by atoms with E-state index in [1.165, 1.54) is 4.90 Å². The number of hydrogen-bond acceptors (Lipinski definition) is 3. The molecule has 2 rings (SSSR count). The smallest absolute Gasteiger partial charge is 0.401 e. The molecule has 1 atom stereocenters. The number of likely N-dealkylation sites (tertiary alicyclic amines) is 1. The number of guanidine groups is 1. The van der Waals surface area contributed by atoms with Crippen molar-refractivity contribution in [2.75, 3.05) is 39.8 Å². The molecule has 5 nitrogen and oxygen atoms in total. The van der Waals surface area contributed by atoms with Crippen LogP contribution in [0.15, 0.2) is 29.3 Å². The highest BCUT2D eigenvalue weighted by molar-refractivity contribution is 5.80. The zero-order chi connectivity index (χ0) is 19.0. The molecule has 26 heavy (non-hydrogen) atoms. The Bertz CT molecular complexity index is 592. The quantitative estimate of drug-likeness (QED) is 0.570. The number of benzene rings is 1. The lowest BCUT2D eigenvalue weighted by Crippen LogP contribution is -2.45. The van der Waals surface area contributed by atoms with Gasteiger partial charge in [-0.15, -0.1) is 0 Å². The number of aliphatic imine (C=N–C) groups is 1. The molecule has 1 aliphatic heterocycles. The van der Waals surface area contributed by atoms with Gasteiger partial charge < -0.3 is 15.4 Å². The van der Waals surface area contributed by atoms with Crippen LogP contribution in [0.5, 0.6) is 5.75 Å². The van der Waals surface area contributed by atoms with E-state index in [1.54, 1.807) is 7.11 Å². The lowest BCUT2D eigenvalue weighted by atomic mass is 10.1. The molecule has 1 unspecified atom stereocenters. The fraction of sp³-hybridized carbons (Fsp3) is 0.611. The normalized spacial score (nSPS) is 18.8. The molecule has 1 heterocycles. The van der Waals surface area contributed by atoms with Crippen LogP contribution in [0.2, 0.25) is 0 Å². The third kappa shape index (κ3) is 6.74. The second kappa shape index (κ2) is 9.66. The predicted molar refractivity (Wildman–Crippen MR) is 96.7 cm³/mol. The number of nitrogens with zero attached hydrogens (tertiary/aromatic N) is 2. The molecule has 1 saturated heterocycles. The number of para-hydroxylation sites is 1. The maximum Gasteiger partial charge on any atom is 0.401 e. The van der Waals surface area contributed by atoms with E-state index >= 15 is 0 Å². The molecule has 0 spiro atoms. The summed E-state index contributed by atoms with van der Waals surface area (Å²) in [6.45, 7) is 3.18. The molecule has 146 valence electrons. The van der Waals surface area contributed by atoms with Gasteiger partial charge in [0.1, 0.15) is 5.75 Å². The Kier molecular flexibility index (Phi) is 7.56. The van der Waals surface area contributed by atoms with Gasteiger partial charge in [-0.05, 0) is 31.4 Å².